The molecule has 2 amide bonds. The van der Waals surface area contributed by atoms with E-state index in [9.17, 15) is 9.59 Å². The van der Waals surface area contributed by atoms with Crippen LogP contribution >= 0.6 is 0 Å². The molecule has 3 rings (SSSR count). The van der Waals surface area contributed by atoms with Crippen molar-refractivity contribution in [1.82, 2.24) is 10.2 Å². The summed E-state index contributed by atoms with van der Waals surface area (Å²) >= 11 is 0. The second-order valence-electron chi connectivity index (χ2n) is 5.96. The number of piperidine rings is 1. The van der Waals surface area contributed by atoms with Gasteiger partial charge < -0.3 is 10.1 Å². The van der Waals surface area contributed by atoms with E-state index in [2.05, 4.69) is 17.5 Å². The molecule has 0 aromatic heterocycles. The fourth-order valence-corrected chi connectivity index (χ4v) is 3.50. The Morgan fingerprint density at radius 1 is 1.33 bits per heavy atom. The lowest BCUT2D eigenvalue weighted by atomic mass is 9.87. The Bertz CT molecular complexity index is 498. The number of nitrogens with zero attached hydrogens (tertiary/aromatic N) is 1. The topological polar surface area (TPSA) is 58.6 Å². The van der Waals surface area contributed by atoms with Crippen molar-refractivity contribution in [3.8, 4) is 0 Å². The van der Waals surface area contributed by atoms with Crippen LogP contribution in [0.15, 0.2) is 23.8 Å². The number of likely N-dealkylation sites (tertiary alicyclic amines) is 1. The number of nitrogens with one attached hydrogen (secondary N) is 1. The smallest absolute Gasteiger partial charge is 0.411 e. The van der Waals surface area contributed by atoms with Crippen LogP contribution in [-0.4, -0.2) is 42.1 Å². The van der Waals surface area contributed by atoms with E-state index in [0.717, 1.165) is 44.1 Å². The van der Waals surface area contributed by atoms with Crippen LogP contribution in [0.3, 0.4) is 0 Å². The minimum absolute atomic E-state index is 0.0139. The van der Waals surface area contributed by atoms with Gasteiger partial charge in [-0.05, 0) is 44.1 Å². The molecule has 1 spiro atoms. The maximum Gasteiger partial charge on any atom is 0.411 e. The molecule has 0 aromatic carbocycles. The van der Waals surface area contributed by atoms with Crippen molar-refractivity contribution in [2.24, 2.45) is 0 Å². The van der Waals surface area contributed by atoms with Crippen LogP contribution in [0.4, 0.5) is 4.79 Å². The molecule has 0 radical (unpaired) electrons. The van der Waals surface area contributed by atoms with Gasteiger partial charge in [0.1, 0.15) is 12.1 Å². The molecule has 21 heavy (non-hydrogen) atoms. The summed E-state index contributed by atoms with van der Waals surface area (Å²) in [5.74, 6) is -0.0139. The van der Waals surface area contributed by atoms with Crippen molar-refractivity contribution < 1.29 is 14.3 Å². The molecule has 1 N–H and O–H groups in total. The summed E-state index contributed by atoms with van der Waals surface area (Å²) in [5, 5.41) is 2.89. The van der Waals surface area contributed by atoms with Crippen molar-refractivity contribution in [3.05, 3.63) is 23.8 Å². The minimum Gasteiger partial charge on any atom is -0.445 e. The molecule has 114 valence electrons. The van der Waals surface area contributed by atoms with E-state index in [1.165, 1.54) is 0 Å². The lowest BCUT2D eigenvalue weighted by Gasteiger charge is -2.39. The Morgan fingerprint density at radius 2 is 2.19 bits per heavy atom. The Labute approximate surface area is 125 Å². The molecule has 1 aliphatic carbocycles. The van der Waals surface area contributed by atoms with E-state index >= 15 is 0 Å². The summed E-state index contributed by atoms with van der Waals surface area (Å²) in [6.07, 6.45) is 11.2. The number of rotatable bonds is 2. The van der Waals surface area contributed by atoms with Gasteiger partial charge in [-0.2, -0.15) is 0 Å². The van der Waals surface area contributed by atoms with E-state index in [-0.39, 0.29) is 12.0 Å². The second kappa shape index (κ2) is 5.92. The summed E-state index contributed by atoms with van der Waals surface area (Å²) in [4.78, 5) is 26.3. The molecular weight excluding hydrogens is 268 g/mol. The van der Waals surface area contributed by atoms with Gasteiger partial charge in [0.25, 0.3) is 0 Å². The number of carbonyl (C=O) groups is 2. The highest BCUT2D eigenvalue weighted by Crippen LogP contribution is 2.36. The third-order valence-corrected chi connectivity index (χ3v) is 4.62. The first-order valence-corrected chi connectivity index (χ1v) is 7.81. The molecule has 5 nitrogen and oxygen atoms in total. The van der Waals surface area contributed by atoms with Gasteiger partial charge in [-0.3, -0.25) is 9.69 Å². The number of carbonyl (C=O) groups excluding carboxylic acids is 2. The molecule has 1 unspecified atom stereocenters. The van der Waals surface area contributed by atoms with E-state index in [1.807, 2.05) is 6.08 Å². The molecule has 0 aromatic rings. The zero-order valence-electron chi connectivity index (χ0n) is 12.3. The Morgan fingerprint density at radius 3 is 2.95 bits per heavy atom. The summed E-state index contributed by atoms with van der Waals surface area (Å²) in [6.45, 7) is 1.62. The molecule has 2 saturated heterocycles. The van der Waals surface area contributed by atoms with E-state index in [4.69, 9.17) is 4.74 Å². The number of ether oxygens (including phenoxy) is 1. The number of hydrogen-bond donors (Lipinski definition) is 1. The van der Waals surface area contributed by atoms with Gasteiger partial charge >= 0.3 is 6.09 Å². The predicted octanol–water partition coefficient (Wildman–Crippen LogP) is 2.14. The highest BCUT2D eigenvalue weighted by Gasteiger charge is 2.51. The van der Waals surface area contributed by atoms with Gasteiger partial charge in [-0.15, -0.1) is 0 Å². The van der Waals surface area contributed by atoms with Crippen molar-refractivity contribution in [1.29, 1.82) is 0 Å². The van der Waals surface area contributed by atoms with E-state index in [1.54, 1.807) is 4.90 Å². The van der Waals surface area contributed by atoms with Crippen molar-refractivity contribution in [2.45, 2.75) is 44.1 Å². The Hall–Kier alpha value is -1.78. The molecule has 5 heteroatoms. The Balaban J connectivity index is 1.64. The third-order valence-electron chi connectivity index (χ3n) is 4.62. The molecule has 2 fully saturated rings. The summed E-state index contributed by atoms with van der Waals surface area (Å²) < 4.78 is 5.43. The van der Waals surface area contributed by atoms with Gasteiger partial charge in [0.05, 0.1) is 0 Å². The van der Waals surface area contributed by atoms with Crippen LogP contribution in [0, 0.1) is 0 Å². The zero-order chi connectivity index (χ0) is 14.7. The SMILES string of the molecule is O=C(OCC1=CCCC=C1)N1CCCC12CCCNC2=O. The monoisotopic (exact) mass is 290 g/mol. The normalized spacial score (nSPS) is 28.5. The van der Waals surface area contributed by atoms with Crippen LogP contribution in [-0.2, 0) is 9.53 Å². The lowest BCUT2D eigenvalue weighted by Crippen LogP contribution is -2.60. The van der Waals surface area contributed by atoms with Gasteiger partial charge in [0.2, 0.25) is 5.91 Å². The van der Waals surface area contributed by atoms with Crippen LogP contribution in [0.1, 0.15) is 38.5 Å². The van der Waals surface area contributed by atoms with Crippen molar-refractivity contribution >= 4 is 12.0 Å². The second-order valence-corrected chi connectivity index (χ2v) is 5.96. The molecular formula is C16H22N2O3. The highest BCUT2D eigenvalue weighted by atomic mass is 16.6. The average Bonchev–Trinajstić information content (AvgIpc) is 2.94. The van der Waals surface area contributed by atoms with Gasteiger partial charge in [0, 0.05) is 13.1 Å². The van der Waals surface area contributed by atoms with Crippen molar-refractivity contribution in [3.63, 3.8) is 0 Å². The molecule has 1 atom stereocenters. The lowest BCUT2D eigenvalue weighted by molar-refractivity contribution is -0.133. The van der Waals surface area contributed by atoms with Crippen LogP contribution in [0.2, 0.25) is 0 Å². The minimum atomic E-state index is -0.661. The van der Waals surface area contributed by atoms with Gasteiger partial charge in [-0.25, -0.2) is 4.79 Å². The first kappa shape index (κ1) is 14.2. The molecule has 2 aliphatic heterocycles. The first-order valence-electron chi connectivity index (χ1n) is 7.81. The summed E-state index contributed by atoms with van der Waals surface area (Å²) in [6, 6.07) is 0. The van der Waals surface area contributed by atoms with Crippen LogP contribution in [0.25, 0.3) is 0 Å². The van der Waals surface area contributed by atoms with Gasteiger partial charge in [0.15, 0.2) is 0 Å². The quantitative estimate of drug-likeness (QED) is 0.847. The van der Waals surface area contributed by atoms with Gasteiger partial charge in [-0.1, -0.05) is 18.2 Å². The van der Waals surface area contributed by atoms with Crippen molar-refractivity contribution in [2.75, 3.05) is 19.7 Å². The zero-order valence-corrected chi connectivity index (χ0v) is 12.3. The van der Waals surface area contributed by atoms with Crippen LogP contribution in [0.5, 0.6) is 0 Å². The maximum absolute atomic E-state index is 12.4. The number of hydrogen-bond acceptors (Lipinski definition) is 3. The number of amides is 2. The largest absolute Gasteiger partial charge is 0.445 e. The van der Waals surface area contributed by atoms with Crippen LogP contribution < -0.4 is 5.32 Å². The predicted molar refractivity (Wildman–Crippen MR) is 78.7 cm³/mol. The Kier molecular flexibility index (Phi) is 3.99. The summed E-state index contributed by atoms with van der Waals surface area (Å²) in [5.41, 5.74) is 0.377. The standard InChI is InChI=1S/C16H22N2O3/c19-14-16(8-4-10-17-14)9-5-11-18(16)15(20)21-12-13-6-2-1-3-7-13/h2,6-7H,1,3-5,8-12H2,(H,17,19). The molecule has 0 saturated carbocycles. The summed E-state index contributed by atoms with van der Waals surface area (Å²) in [7, 11) is 0. The highest BCUT2D eigenvalue weighted by molar-refractivity contribution is 5.91. The molecule has 0 bridgehead atoms. The first-order chi connectivity index (χ1) is 10.2. The maximum atomic E-state index is 12.4. The van der Waals surface area contributed by atoms with E-state index in [0.29, 0.717) is 19.7 Å². The van der Waals surface area contributed by atoms with E-state index < -0.39 is 5.54 Å². The molecule has 3 aliphatic rings. The number of allylic oxidation sites excluding steroid dienone is 2. The molecule has 2 heterocycles. The average molecular weight is 290 g/mol. The fraction of sp³-hybridized carbons (Fsp3) is 0.625. The fourth-order valence-electron chi connectivity index (χ4n) is 3.50. The third kappa shape index (κ3) is 2.69.